The predicted molar refractivity (Wildman–Crippen MR) is 86.1 cm³/mol. The predicted octanol–water partition coefficient (Wildman–Crippen LogP) is 3.37. The molecular weight excluding hydrogens is 274 g/mol. The summed E-state index contributed by atoms with van der Waals surface area (Å²) < 4.78 is 5.82. The topological polar surface area (TPSA) is 74.2 Å². The standard InChI is InChI=1S/C15H19N3O.ClH/c1-10(2)9-19-13-6-4-3-5-11(13)12-7-8-14(16)18-15(12)17;/h3-8,10H,9H2,1-2H3,(H4,16,17,18);1H. The van der Waals surface area contributed by atoms with Gasteiger partial charge in [0.05, 0.1) is 6.61 Å². The van der Waals surface area contributed by atoms with Crippen molar-refractivity contribution in [1.82, 2.24) is 4.98 Å². The summed E-state index contributed by atoms with van der Waals surface area (Å²) in [6, 6.07) is 11.4. The monoisotopic (exact) mass is 293 g/mol. The van der Waals surface area contributed by atoms with Crippen LogP contribution in [0, 0.1) is 5.92 Å². The second kappa shape index (κ2) is 7.01. The van der Waals surface area contributed by atoms with Crippen LogP contribution in [0.1, 0.15) is 13.8 Å². The van der Waals surface area contributed by atoms with Crippen molar-refractivity contribution >= 4 is 24.0 Å². The van der Waals surface area contributed by atoms with Gasteiger partial charge in [-0.05, 0) is 24.1 Å². The summed E-state index contributed by atoms with van der Waals surface area (Å²) in [5.41, 5.74) is 13.3. The molecule has 1 heterocycles. The van der Waals surface area contributed by atoms with Gasteiger partial charge in [-0.2, -0.15) is 0 Å². The minimum atomic E-state index is 0. The van der Waals surface area contributed by atoms with Crippen LogP contribution in [0.4, 0.5) is 11.6 Å². The van der Waals surface area contributed by atoms with E-state index in [1.165, 1.54) is 0 Å². The minimum absolute atomic E-state index is 0. The quantitative estimate of drug-likeness (QED) is 0.906. The first-order valence-electron chi connectivity index (χ1n) is 6.32. The van der Waals surface area contributed by atoms with Gasteiger partial charge in [0, 0.05) is 11.1 Å². The number of para-hydroxylation sites is 1. The summed E-state index contributed by atoms with van der Waals surface area (Å²) in [5, 5.41) is 0. The summed E-state index contributed by atoms with van der Waals surface area (Å²) in [6.45, 7) is 4.89. The fourth-order valence-corrected chi connectivity index (χ4v) is 1.79. The van der Waals surface area contributed by atoms with Gasteiger partial charge in [0.2, 0.25) is 0 Å². The Kier molecular flexibility index (Phi) is 5.65. The number of benzene rings is 1. The average Bonchev–Trinajstić information content (AvgIpc) is 2.37. The van der Waals surface area contributed by atoms with E-state index >= 15 is 0 Å². The van der Waals surface area contributed by atoms with Gasteiger partial charge >= 0.3 is 0 Å². The molecule has 0 saturated carbocycles. The maximum atomic E-state index is 5.93. The smallest absolute Gasteiger partial charge is 0.133 e. The Balaban J connectivity index is 0.00000200. The van der Waals surface area contributed by atoms with E-state index in [1.807, 2.05) is 30.3 Å². The highest BCUT2D eigenvalue weighted by Gasteiger charge is 2.10. The molecule has 2 aromatic rings. The molecule has 1 aromatic heterocycles. The molecule has 0 spiro atoms. The highest BCUT2D eigenvalue weighted by Crippen LogP contribution is 2.33. The van der Waals surface area contributed by atoms with Crippen molar-refractivity contribution in [3.63, 3.8) is 0 Å². The molecule has 0 fully saturated rings. The van der Waals surface area contributed by atoms with Crippen LogP contribution in [0.25, 0.3) is 11.1 Å². The Morgan fingerprint density at radius 3 is 2.40 bits per heavy atom. The molecule has 108 valence electrons. The highest BCUT2D eigenvalue weighted by atomic mass is 35.5. The molecule has 0 amide bonds. The fourth-order valence-electron chi connectivity index (χ4n) is 1.79. The Morgan fingerprint density at radius 2 is 1.75 bits per heavy atom. The molecule has 0 aliphatic rings. The number of rotatable bonds is 4. The Morgan fingerprint density at radius 1 is 1.05 bits per heavy atom. The fraction of sp³-hybridized carbons (Fsp3) is 0.267. The minimum Gasteiger partial charge on any atom is -0.493 e. The van der Waals surface area contributed by atoms with Gasteiger partial charge in [-0.15, -0.1) is 12.4 Å². The zero-order valence-corrected chi connectivity index (χ0v) is 12.5. The maximum Gasteiger partial charge on any atom is 0.133 e. The van der Waals surface area contributed by atoms with Crippen LogP contribution in [-0.4, -0.2) is 11.6 Å². The first kappa shape index (κ1) is 16.1. The van der Waals surface area contributed by atoms with Crippen LogP contribution in [0.5, 0.6) is 5.75 Å². The molecule has 0 unspecified atom stereocenters. The lowest BCUT2D eigenvalue weighted by Crippen LogP contribution is -2.06. The van der Waals surface area contributed by atoms with Gasteiger partial charge in [-0.3, -0.25) is 0 Å². The number of halogens is 1. The lowest BCUT2D eigenvalue weighted by Gasteiger charge is -2.14. The number of nitrogen functional groups attached to an aromatic ring is 2. The van der Waals surface area contributed by atoms with E-state index in [9.17, 15) is 0 Å². The van der Waals surface area contributed by atoms with E-state index in [-0.39, 0.29) is 12.4 Å². The van der Waals surface area contributed by atoms with E-state index in [4.69, 9.17) is 16.2 Å². The number of hydrogen-bond acceptors (Lipinski definition) is 4. The van der Waals surface area contributed by atoms with Crippen molar-refractivity contribution in [2.24, 2.45) is 5.92 Å². The van der Waals surface area contributed by atoms with Crippen LogP contribution >= 0.6 is 12.4 Å². The first-order valence-corrected chi connectivity index (χ1v) is 6.32. The van der Waals surface area contributed by atoms with Gasteiger partial charge in [0.25, 0.3) is 0 Å². The molecule has 1 aromatic carbocycles. The van der Waals surface area contributed by atoms with E-state index in [1.54, 1.807) is 6.07 Å². The lowest BCUT2D eigenvalue weighted by atomic mass is 10.1. The molecule has 4 nitrogen and oxygen atoms in total. The molecule has 0 aliphatic heterocycles. The van der Waals surface area contributed by atoms with Gasteiger partial charge in [0.15, 0.2) is 0 Å². The van der Waals surface area contributed by atoms with Crippen molar-refractivity contribution in [3.05, 3.63) is 36.4 Å². The zero-order chi connectivity index (χ0) is 13.8. The van der Waals surface area contributed by atoms with Crippen LogP contribution in [0.2, 0.25) is 0 Å². The van der Waals surface area contributed by atoms with Gasteiger partial charge in [-0.1, -0.05) is 32.0 Å². The lowest BCUT2D eigenvalue weighted by molar-refractivity contribution is 0.272. The largest absolute Gasteiger partial charge is 0.493 e. The summed E-state index contributed by atoms with van der Waals surface area (Å²) in [7, 11) is 0. The van der Waals surface area contributed by atoms with Crippen LogP contribution in [0.15, 0.2) is 36.4 Å². The number of nitrogens with zero attached hydrogens (tertiary/aromatic N) is 1. The second-order valence-electron chi connectivity index (χ2n) is 4.87. The van der Waals surface area contributed by atoms with Gasteiger partial charge in [0.1, 0.15) is 17.4 Å². The van der Waals surface area contributed by atoms with Crippen molar-refractivity contribution in [2.45, 2.75) is 13.8 Å². The summed E-state index contributed by atoms with van der Waals surface area (Å²) in [5.74, 6) is 2.12. The van der Waals surface area contributed by atoms with E-state index < -0.39 is 0 Å². The highest BCUT2D eigenvalue weighted by molar-refractivity contribution is 5.85. The molecule has 2 rings (SSSR count). The van der Waals surface area contributed by atoms with Gasteiger partial charge in [-0.25, -0.2) is 4.98 Å². The SMILES string of the molecule is CC(C)COc1ccccc1-c1ccc(N)nc1N.Cl. The molecule has 0 bridgehead atoms. The summed E-state index contributed by atoms with van der Waals surface area (Å²) >= 11 is 0. The number of hydrogen-bond donors (Lipinski definition) is 2. The molecule has 20 heavy (non-hydrogen) atoms. The third kappa shape index (κ3) is 3.78. The van der Waals surface area contributed by atoms with Crippen LogP contribution in [-0.2, 0) is 0 Å². The van der Waals surface area contributed by atoms with E-state index in [2.05, 4.69) is 18.8 Å². The third-order valence-corrected chi connectivity index (χ3v) is 2.70. The molecule has 0 radical (unpaired) electrons. The van der Waals surface area contributed by atoms with Crippen molar-refractivity contribution in [1.29, 1.82) is 0 Å². The molecule has 0 saturated heterocycles. The third-order valence-electron chi connectivity index (χ3n) is 2.70. The second-order valence-corrected chi connectivity index (χ2v) is 4.87. The Hall–Kier alpha value is -1.94. The number of nitrogens with two attached hydrogens (primary N) is 2. The summed E-state index contributed by atoms with van der Waals surface area (Å²) in [6.07, 6.45) is 0. The molecular formula is C15H20ClN3O. The summed E-state index contributed by atoms with van der Waals surface area (Å²) in [4.78, 5) is 4.09. The van der Waals surface area contributed by atoms with Crippen LogP contribution in [0.3, 0.4) is 0 Å². The number of anilines is 2. The molecule has 0 atom stereocenters. The Bertz CT molecular complexity index is 573. The molecule has 0 aliphatic carbocycles. The number of aromatic nitrogens is 1. The molecule has 5 heteroatoms. The van der Waals surface area contributed by atoms with Crippen LogP contribution < -0.4 is 16.2 Å². The Labute approximate surface area is 125 Å². The van der Waals surface area contributed by atoms with Crippen molar-refractivity contribution in [3.8, 4) is 16.9 Å². The average molecular weight is 294 g/mol. The normalized spacial score (nSPS) is 10.2. The first-order chi connectivity index (χ1) is 9.08. The van der Waals surface area contributed by atoms with E-state index in [0.717, 1.165) is 16.9 Å². The van der Waals surface area contributed by atoms with Crippen molar-refractivity contribution in [2.75, 3.05) is 18.1 Å². The maximum absolute atomic E-state index is 5.93. The number of pyridine rings is 1. The van der Waals surface area contributed by atoms with Gasteiger partial charge < -0.3 is 16.2 Å². The zero-order valence-electron chi connectivity index (χ0n) is 11.7. The van der Waals surface area contributed by atoms with Crippen molar-refractivity contribution < 1.29 is 4.74 Å². The van der Waals surface area contributed by atoms with E-state index in [0.29, 0.717) is 24.2 Å². The molecule has 4 N–H and O–H groups in total. The number of ether oxygens (including phenoxy) is 1.